The lowest BCUT2D eigenvalue weighted by atomic mass is 10.0. The van der Waals surface area contributed by atoms with Crippen LogP contribution in [0.3, 0.4) is 0 Å². The van der Waals surface area contributed by atoms with Gasteiger partial charge < -0.3 is 18.9 Å². The lowest BCUT2D eigenvalue weighted by Crippen LogP contribution is -1.93. The first-order chi connectivity index (χ1) is 21.9. The van der Waals surface area contributed by atoms with Gasteiger partial charge in [-0.1, -0.05) is 48.5 Å². The van der Waals surface area contributed by atoms with Crippen molar-refractivity contribution in [1.82, 2.24) is 0 Å². The highest BCUT2D eigenvalue weighted by atomic mass is 16.5. The summed E-state index contributed by atoms with van der Waals surface area (Å²) in [4.78, 5) is 11.3. The zero-order chi connectivity index (χ0) is 32.3. The summed E-state index contributed by atoms with van der Waals surface area (Å²) in [5.74, 6) is 2.32. The average Bonchev–Trinajstić information content (AvgIpc) is 3.08. The lowest BCUT2D eigenvalue weighted by Gasteiger charge is -2.12. The van der Waals surface area contributed by atoms with Crippen molar-refractivity contribution in [2.75, 3.05) is 28.4 Å². The Kier molecular flexibility index (Phi) is 10.4. The number of benzene rings is 4. The average molecular weight is 594 g/mol. The van der Waals surface area contributed by atoms with Crippen LogP contribution in [0.25, 0.3) is 49.9 Å². The molecule has 0 aliphatic heterocycles. The first kappa shape index (κ1) is 31.7. The molecular formula is C38H31N3O4. The highest BCUT2D eigenvalue weighted by Crippen LogP contribution is 2.35. The van der Waals surface area contributed by atoms with E-state index in [9.17, 15) is 0 Å². The Labute approximate surface area is 264 Å². The standard InChI is InChI=1S/C38H31N3O4/c1-25-12-15-30(36(18-25)43-6)34(40-3)21-27-14-17-32(38(23-27)45-8)35(41-4)22-28-13-16-31(37(24-28)44-7)33(39-2)20-26-10-9-11-29(19-26)42-5/h9-24H,1,5-8H3. The molecule has 0 amide bonds. The van der Waals surface area contributed by atoms with Crippen LogP contribution in [0.15, 0.2) is 78.9 Å². The Morgan fingerprint density at radius 1 is 0.511 bits per heavy atom. The second-order valence-corrected chi connectivity index (χ2v) is 9.82. The molecule has 7 heteroatoms. The molecule has 222 valence electrons. The van der Waals surface area contributed by atoms with Crippen LogP contribution in [-0.2, 0) is 0 Å². The molecule has 0 saturated carbocycles. The number of methoxy groups -OCH3 is 4. The van der Waals surface area contributed by atoms with Crippen LogP contribution in [0.1, 0.15) is 38.9 Å². The maximum atomic E-state index is 7.93. The molecule has 4 aromatic rings. The molecular weight excluding hydrogens is 562 g/mol. The van der Waals surface area contributed by atoms with Crippen molar-refractivity contribution in [3.63, 3.8) is 0 Å². The minimum absolute atomic E-state index is 0.361. The molecule has 0 atom stereocenters. The van der Waals surface area contributed by atoms with Gasteiger partial charge in [-0.05, 0) is 77.7 Å². The summed E-state index contributed by atoms with van der Waals surface area (Å²) in [6.45, 7) is 25.5. The maximum absolute atomic E-state index is 7.93. The van der Waals surface area contributed by atoms with Gasteiger partial charge in [-0.25, -0.2) is 14.5 Å². The van der Waals surface area contributed by atoms with E-state index in [-0.39, 0.29) is 0 Å². The van der Waals surface area contributed by atoms with Crippen molar-refractivity contribution in [2.45, 2.75) is 6.92 Å². The fraction of sp³-hybridized carbons (Fsp3) is 0.132. The summed E-state index contributed by atoms with van der Waals surface area (Å²) in [6, 6.07) is 24.1. The Balaban J connectivity index is 1.70. The SMILES string of the molecule is [C-]#[N+]C(=Cc1ccc(C(=Cc2ccc(C(=Cc3cccc(OC)c3)[N+]#[C-])c(OC)c2)[N+]#[C-])c(OC)c1)c1ccc(C)cc1OC. The Morgan fingerprint density at radius 2 is 0.933 bits per heavy atom. The zero-order valence-corrected chi connectivity index (χ0v) is 25.7. The molecule has 45 heavy (non-hydrogen) atoms. The van der Waals surface area contributed by atoms with Crippen molar-refractivity contribution < 1.29 is 18.9 Å². The third-order valence-corrected chi connectivity index (χ3v) is 7.00. The van der Waals surface area contributed by atoms with Gasteiger partial charge in [0.2, 0.25) is 0 Å². The van der Waals surface area contributed by atoms with E-state index in [1.807, 2.05) is 73.7 Å². The van der Waals surface area contributed by atoms with Gasteiger partial charge in [0.1, 0.15) is 23.0 Å². The summed E-state index contributed by atoms with van der Waals surface area (Å²) < 4.78 is 22.2. The van der Waals surface area contributed by atoms with Gasteiger partial charge in [0.15, 0.2) is 17.1 Å². The van der Waals surface area contributed by atoms with Crippen LogP contribution in [0.4, 0.5) is 0 Å². The molecule has 0 bridgehead atoms. The molecule has 0 aromatic heterocycles. The predicted octanol–water partition coefficient (Wildman–Crippen LogP) is 9.28. The Morgan fingerprint density at radius 3 is 1.36 bits per heavy atom. The topological polar surface area (TPSA) is 50.0 Å². The predicted molar refractivity (Wildman–Crippen MR) is 180 cm³/mol. The molecule has 0 aliphatic rings. The number of hydrogen-bond donors (Lipinski definition) is 0. The van der Waals surface area contributed by atoms with Crippen molar-refractivity contribution in [1.29, 1.82) is 0 Å². The van der Waals surface area contributed by atoms with Gasteiger partial charge in [-0.2, -0.15) is 0 Å². The van der Waals surface area contributed by atoms with Gasteiger partial charge in [-0.3, -0.25) is 0 Å². The molecule has 0 saturated heterocycles. The van der Waals surface area contributed by atoms with E-state index in [1.54, 1.807) is 58.8 Å². The van der Waals surface area contributed by atoms with E-state index < -0.39 is 0 Å². The third kappa shape index (κ3) is 7.41. The summed E-state index contributed by atoms with van der Waals surface area (Å²) in [5, 5.41) is 0. The fourth-order valence-corrected chi connectivity index (χ4v) is 4.74. The van der Waals surface area contributed by atoms with Crippen molar-refractivity contribution in [2.24, 2.45) is 0 Å². The van der Waals surface area contributed by atoms with E-state index >= 15 is 0 Å². The van der Waals surface area contributed by atoms with Gasteiger partial charge in [0, 0.05) is 16.7 Å². The van der Waals surface area contributed by atoms with Gasteiger partial charge in [0.05, 0.1) is 48.2 Å². The monoisotopic (exact) mass is 593 g/mol. The van der Waals surface area contributed by atoms with Gasteiger partial charge >= 0.3 is 0 Å². The number of aryl methyl sites for hydroxylation is 1. The summed E-state index contributed by atoms with van der Waals surface area (Å²) in [5.41, 5.74) is 6.45. The summed E-state index contributed by atoms with van der Waals surface area (Å²) in [7, 11) is 6.28. The minimum atomic E-state index is 0.361. The summed E-state index contributed by atoms with van der Waals surface area (Å²) in [6.07, 6.45) is 5.30. The molecule has 4 aromatic carbocycles. The van der Waals surface area contributed by atoms with Crippen LogP contribution < -0.4 is 18.9 Å². The van der Waals surface area contributed by atoms with Crippen molar-refractivity contribution in [3.8, 4) is 23.0 Å². The van der Waals surface area contributed by atoms with E-state index in [0.717, 1.165) is 22.3 Å². The fourth-order valence-electron chi connectivity index (χ4n) is 4.74. The van der Waals surface area contributed by atoms with Crippen LogP contribution in [-0.4, -0.2) is 28.4 Å². The molecule has 0 spiro atoms. The number of rotatable bonds is 10. The number of nitrogens with zero attached hydrogens (tertiary/aromatic N) is 3. The Hall–Kier alpha value is -6.23. The van der Waals surface area contributed by atoms with Crippen LogP contribution >= 0.6 is 0 Å². The molecule has 0 aliphatic carbocycles. The van der Waals surface area contributed by atoms with E-state index in [2.05, 4.69) is 14.5 Å². The van der Waals surface area contributed by atoms with Crippen molar-refractivity contribution in [3.05, 3.63) is 152 Å². The van der Waals surface area contributed by atoms with E-state index in [0.29, 0.717) is 56.8 Å². The molecule has 7 nitrogen and oxygen atoms in total. The molecule has 0 radical (unpaired) electrons. The van der Waals surface area contributed by atoms with E-state index in [4.69, 9.17) is 38.7 Å². The normalized spacial score (nSPS) is 11.6. The summed E-state index contributed by atoms with van der Waals surface area (Å²) >= 11 is 0. The van der Waals surface area contributed by atoms with Crippen LogP contribution in [0.5, 0.6) is 23.0 Å². The lowest BCUT2D eigenvalue weighted by molar-refractivity contribution is 0.413. The maximum Gasteiger partial charge on any atom is 0.198 e. The molecule has 0 N–H and O–H groups in total. The number of ether oxygens (including phenoxy) is 4. The van der Waals surface area contributed by atoms with Gasteiger partial charge in [0.25, 0.3) is 0 Å². The molecule has 0 fully saturated rings. The first-order valence-electron chi connectivity index (χ1n) is 13.8. The molecule has 0 heterocycles. The minimum Gasteiger partial charge on any atom is -0.497 e. The first-order valence-corrected chi connectivity index (χ1v) is 13.8. The third-order valence-electron chi connectivity index (χ3n) is 7.00. The Bertz CT molecular complexity index is 1950. The molecule has 0 unspecified atom stereocenters. The second-order valence-electron chi connectivity index (χ2n) is 9.82. The highest BCUT2D eigenvalue weighted by Gasteiger charge is 2.14. The van der Waals surface area contributed by atoms with Crippen molar-refractivity contribution >= 4 is 35.3 Å². The quantitative estimate of drug-likeness (QED) is 0.136. The van der Waals surface area contributed by atoms with Crippen LogP contribution in [0, 0.1) is 26.6 Å². The largest absolute Gasteiger partial charge is 0.497 e. The smallest absolute Gasteiger partial charge is 0.198 e. The van der Waals surface area contributed by atoms with E-state index in [1.165, 1.54) is 0 Å². The number of hydrogen-bond acceptors (Lipinski definition) is 4. The molecule has 4 rings (SSSR count). The second kappa shape index (κ2) is 14.8. The highest BCUT2D eigenvalue weighted by molar-refractivity contribution is 5.92. The zero-order valence-electron chi connectivity index (χ0n) is 25.7. The van der Waals surface area contributed by atoms with Gasteiger partial charge in [-0.15, -0.1) is 0 Å². The van der Waals surface area contributed by atoms with Crippen LogP contribution in [0.2, 0.25) is 0 Å².